The van der Waals surface area contributed by atoms with Crippen LogP contribution in [0.3, 0.4) is 0 Å². The lowest BCUT2D eigenvalue weighted by molar-refractivity contribution is -0.123. The van der Waals surface area contributed by atoms with Gasteiger partial charge in [-0.05, 0) is 24.3 Å². The van der Waals surface area contributed by atoms with Crippen molar-refractivity contribution < 1.29 is 4.79 Å². The molecule has 142 valence electrons. The van der Waals surface area contributed by atoms with Crippen LogP contribution in [0.2, 0.25) is 0 Å². The molecule has 3 rings (SSSR count). The van der Waals surface area contributed by atoms with Crippen LogP contribution in [0.5, 0.6) is 0 Å². The summed E-state index contributed by atoms with van der Waals surface area (Å²) < 4.78 is 0. The normalized spacial score (nSPS) is 25.4. The van der Waals surface area contributed by atoms with Crippen LogP contribution in [-0.4, -0.2) is 61.0 Å². The zero-order valence-corrected chi connectivity index (χ0v) is 16.1. The molecule has 1 aromatic carbocycles. The first-order chi connectivity index (χ1) is 12.7. The first-order valence-electron chi connectivity index (χ1n) is 10.2. The lowest BCUT2D eigenvalue weighted by Gasteiger charge is -2.35. The minimum atomic E-state index is 0.209. The van der Waals surface area contributed by atoms with E-state index in [1.165, 1.54) is 24.8 Å². The van der Waals surface area contributed by atoms with Crippen molar-refractivity contribution in [1.82, 2.24) is 15.1 Å². The summed E-state index contributed by atoms with van der Waals surface area (Å²) in [6.07, 6.45) is 9.39. The average molecular weight is 356 g/mol. The van der Waals surface area contributed by atoms with Gasteiger partial charge in [0.2, 0.25) is 5.91 Å². The van der Waals surface area contributed by atoms with Crippen LogP contribution in [0.15, 0.2) is 36.4 Å². The summed E-state index contributed by atoms with van der Waals surface area (Å²) in [6, 6.07) is 10.8. The molecule has 1 heterocycles. The number of hydrogen-bond acceptors (Lipinski definition) is 3. The summed E-state index contributed by atoms with van der Waals surface area (Å²) in [5, 5.41) is 3.27. The molecule has 26 heavy (non-hydrogen) atoms. The summed E-state index contributed by atoms with van der Waals surface area (Å²) in [4.78, 5) is 17.1. The molecule has 2 aliphatic rings. The van der Waals surface area contributed by atoms with E-state index >= 15 is 0 Å². The minimum Gasteiger partial charge on any atom is -0.352 e. The van der Waals surface area contributed by atoms with Gasteiger partial charge >= 0.3 is 0 Å². The van der Waals surface area contributed by atoms with Crippen molar-refractivity contribution in [3.8, 4) is 0 Å². The number of amides is 1. The number of nitrogens with zero attached hydrogens (tertiary/aromatic N) is 2. The summed E-state index contributed by atoms with van der Waals surface area (Å²) in [5.41, 5.74) is 1.25. The Kier molecular flexibility index (Phi) is 7.27. The Morgan fingerprint density at radius 1 is 1.08 bits per heavy atom. The lowest BCUT2D eigenvalue weighted by Crippen LogP contribution is -2.51. The first kappa shape index (κ1) is 19.1. The van der Waals surface area contributed by atoms with Gasteiger partial charge in [-0.1, -0.05) is 62.2 Å². The summed E-state index contributed by atoms with van der Waals surface area (Å²) >= 11 is 0. The quantitative estimate of drug-likeness (QED) is 0.852. The van der Waals surface area contributed by atoms with Gasteiger partial charge in [0.1, 0.15) is 0 Å². The molecule has 0 unspecified atom stereocenters. The van der Waals surface area contributed by atoms with Crippen molar-refractivity contribution in [2.45, 2.75) is 38.6 Å². The summed E-state index contributed by atoms with van der Waals surface area (Å²) in [6.45, 7) is 7.83. The zero-order valence-electron chi connectivity index (χ0n) is 16.1. The Morgan fingerprint density at radius 2 is 1.77 bits per heavy atom. The number of rotatable bonds is 6. The molecule has 1 amide bonds. The maximum atomic E-state index is 12.4. The number of hydrogen-bond donors (Lipinski definition) is 1. The standard InChI is InChI=1S/C22H33N3O/c1-19-8-5-6-12-21(19)23-22(26)18-25-16-14-24(15-17-25)13-7-11-20-9-3-2-4-10-20/h2-4,7,9-11,19,21H,5-6,8,12-18H2,1H3,(H,23,26)/b11-7+/t19-,21+/m1/s1. The second kappa shape index (κ2) is 9.89. The maximum absolute atomic E-state index is 12.4. The van der Waals surface area contributed by atoms with Gasteiger partial charge in [-0.3, -0.25) is 14.6 Å². The highest BCUT2D eigenvalue weighted by Crippen LogP contribution is 2.23. The van der Waals surface area contributed by atoms with E-state index in [0.717, 1.165) is 39.1 Å². The number of piperazine rings is 1. The van der Waals surface area contributed by atoms with E-state index in [9.17, 15) is 4.79 Å². The smallest absolute Gasteiger partial charge is 0.234 e. The molecule has 4 nitrogen and oxygen atoms in total. The van der Waals surface area contributed by atoms with Crippen LogP contribution in [-0.2, 0) is 4.79 Å². The number of nitrogens with one attached hydrogen (secondary N) is 1. The fourth-order valence-corrected chi connectivity index (χ4v) is 4.02. The van der Waals surface area contributed by atoms with Gasteiger partial charge in [-0.2, -0.15) is 0 Å². The molecule has 0 spiro atoms. The largest absolute Gasteiger partial charge is 0.352 e. The molecule has 1 N–H and O–H groups in total. The summed E-state index contributed by atoms with van der Waals surface area (Å²) in [5.74, 6) is 0.835. The average Bonchev–Trinajstić information content (AvgIpc) is 2.66. The van der Waals surface area contributed by atoms with E-state index in [4.69, 9.17) is 0 Å². The van der Waals surface area contributed by atoms with Crippen LogP contribution >= 0.6 is 0 Å². The third kappa shape index (κ3) is 5.96. The van der Waals surface area contributed by atoms with Gasteiger partial charge in [-0.15, -0.1) is 0 Å². The van der Waals surface area contributed by atoms with E-state index in [2.05, 4.69) is 58.5 Å². The number of benzene rings is 1. The van der Waals surface area contributed by atoms with Gasteiger partial charge in [0.25, 0.3) is 0 Å². The predicted molar refractivity (Wildman–Crippen MR) is 108 cm³/mol. The van der Waals surface area contributed by atoms with Gasteiger partial charge < -0.3 is 5.32 Å². The zero-order chi connectivity index (χ0) is 18.2. The van der Waals surface area contributed by atoms with E-state index < -0.39 is 0 Å². The van der Waals surface area contributed by atoms with Crippen molar-refractivity contribution in [1.29, 1.82) is 0 Å². The predicted octanol–water partition coefficient (Wildman–Crippen LogP) is 3.01. The van der Waals surface area contributed by atoms with Gasteiger partial charge in [-0.25, -0.2) is 0 Å². The Hall–Kier alpha value is -1.65. The molecule has 0 bridgehead atoms. The Bertz CT molecular complexity index is 578. The van der Waals surface area contributed by atoms with Crippen molar-refractivity contribution in [3.63, 3.8) is 0 Å². The number of carbonyl (C=O) groups excluding carboxylic acids is 1. The SMILES string of the molecule is C[C@@H]1CCCC[C@@H]1NC(=O)CN1CCN(C/C=C/c2ccccc2)CC1. The van der Waals surface area contributed by atoms with Gasteiger partial charge in [0.15, 0.2) is 0 Å². The third-order valence-electron chi connectivity index (χ3n) is 5.76. The van der Waals surface area contributed by atoms with Crippen LogP contribution in [0, 0.1) is 5.92 Å². The minimum absolute atomic E-state index is 0.209. The molecule has 1 aromatic rings. The highest BCUT2D eigenvalue weighted by atomic mass is 16.2. The highest BCUT2D eigenvalue weighted by Gasteiger charge is 2.24. The van der Waals surface area contributed by atoms with Crippen LogP contribution in [0.4, 0.5) is 0 Å². The molecule has 0 aromatic heterocycles. The monoisotopic (exact) mass is 355 g/mol. The van der Waals surface area contributed by atoms with Crippen molar-refractivity contribution in [2.24, 2.45) is 5.92 Å². The molecule has 1 aliphatic carbocycles. The molecule has 1 saturated carbocycles. The van der Waals surface area contributed by atoms with Crippen molar-refractivity contribution in [3.05, 3.63) is 42.0 Å². The van der Waals surface area contributed by atoms with Crippen LogP contribution in [0.25, 0.3) is 6.08 Å². The Morgan fingerprint density at radius 3 is 2.50 bits per heavy atom. The summed E-state index contributed by atoms with van der Waals surface area (Å²) in [7, 11) is 0. The van der Waals surface area contributed by atoms with Crippen LogP contribution < -0.4 is 5.32 Å². The number of carbonyl (C=O) groups is 1. The molecule has 1 aliphatic heterocycles. The maximum Gasteiger partial charge on any atom is 0.234 e. The fourth-order valence-electron chi connectivity index (χ4n) is 4.02. The highest BCUT2D eigenvalue weighted by molar-refractivity contribution is 5.78. The molecule has 4 heteroatoms. The van der Waals surface area contributed by atoms with E-state index in [0.29, 0.717) is 18.5 Å². The molecular formula is C22H33N3O. The van der Waals surface area contributed by atoms with Crippen molar-refractivity contribution in [2.75, 3.05) is 39.3 Å². The Labute approximate surface area is 158 Å². The van der Waals surface area contributed by atoms with Crippen LogP contribution in [0.1, 0.15) is 38.2 Å². The molecular weight excluding hydrogens is 322 g/mol. The van der Waals surface area contributed by atoms with Crippen molar-refractivity contribution >= 4 is 12.0 Å². The first-order valence-corrected chi connectivity index (χ1v) is 10.2. The van der Waals surface area contributed by atoms with E-state index in [-0.39, 0.29) is 5.91 Å². The van der Waals surface area contributed by atoms with Gasteiger partial charge in [0, 0.05) is 38.8 Å². The lowest BCUT2D eigenvalue weighted by atomic mass is 9.86. The van der Waals surface area contributed by atoms with E-state index in [1.807, 2.05) is 6.07 Å². The molecule has 2 fully saturated rings. The third-order valence-corrected chi connectivity index (χ3v) is 5.76. The molecule has 0 radical (unpaired) electrons. The van der Waals surface area contributed by atoms with Gasteiger partial charge in [0.05, 0.1) is 6.54 Å². The molecule has 2 atom stereocenters. The Balaban J connectivity index is 1.34. The fraction of sp³-hybridized carbons (Fsp3) is 0.591. The van der Waals surface area contributed by atoms with E-state index in [1.54, 1.807) is 0 Å². The molecule has 1 saturated heterocycles. The second-order valence-electron chi connectivity index (χ2n) is 7.83. The second-order valence-corrected chi connectivity index (χ2v) is 7.83. The topological polar surface area (TPSA) is 35.6 Å².